The molecule has 1 aliphatic rings. The number of nitro groups is 1. The lowest BCUT2D eigenvalue weighted by molar-refractivity contribution is -0.384. The third-order valence-corrected chi connectivity index (χ3v) is 3.80. The maximum atomic E-state index is 12.2. The van der Waals surface area contributed by atoms with Gasteiger partial charge in [0.1, 0.15) is 5.69 Å². The number of rotatable bonds is 5. The molecular formula is C14H19N3O4. The van der Waals surface area contributed by atoms with Gasteiger partial charge in [0.05, 0.1) is 17.1 Å². The molecule has 1 aromatic carbocycles. The van der Waals surface area contributed by atoms with Gasteiger partial charge in [-0.3, -0.25) is 14.9 Å². The van der Waals surface area contributed by atoms with Crippen molar-refractivity contribution in [1.82, 2.24) is 5.32 Å². The second kappa shape index (κ2) is 6.53. The summed E-state index contributed by atoms with van der Waals surface area (Å²) in [5.74, 6) is -0.310. The van der Waals surface area contributed by atoms with Gasteiger partial charge in [0.25, 0.3) is 11.6 Å². The van der Waals surface area contributed by atoms with Crippen LogP contribution < -0.4 is 10.6 Å². The van der Waals surface area contributed by atoms with Crippen molar-refractivity contribution in [3.05, 3.63) is 33.9 Å². The summed E-state index contributed by atoms with van der Waals surface area (Å²) < 4.78 is 5.33. The third-order valence-electron chi connectivity index (χ3n) is 3.80. The second-order valence-electron chi connectivity index (χ2n) is 5.02. The molecule has 0 bridgehead atoms. The molecule has 0 aromatic heterocycles. The van der Waals surface area contributed by atoms with Gasteiger partial charge in [0, 0.05) is 25.8 Å². The summed E-state index contributed by atoms with van der Waals surface area (Å²) in [6, 6.07) is 4.36. The predicted octanol–water partition coefficient (Wildman–Crippen LogP) is 1.93. The van der Waals surface area contributed by atoms with Gasteiger partial charge in [-0.25, -0.2) is 0 Å². The summed E-state index contributed by atoms with van der Waals surface area (Å²) in [6.07, 6.45) is 2.80. The van der Waals surface area contributed by atoms with Gasteiger partial charge in [-0.05, 0) is 31.4 Å². The lowest BCUT2D eigenvalue weighted by Crippen LogP contribution is -2.40. The lowest BCUT2D eigenvalue weighted by atomic mass is 10.1. The highest BCUT2D eigenvalue weighted by atomic mass is 16.6. The van der Waals surface area contributed by atoms with Crippen LogP contribution >= 0.6 is 0 Å². The highest BCUT2D eigenvalue weighted by molar-refractivity contribution is 5.96. The van der Waals surface area contributed by atoms with Crippen LogP contribution in [0.1, 0.15) is 29.6 Å². The fourth-order valence-electron chi connectivity index (χ4n) is 2.66. The highest BCUT2D eigenvalue weighted by Gasteiger charge is 2.29. The molecule has 0 heterocycles. The number of carbonyl (C=O) groups excluding carboxylic acids is 1. The number of nitrogens with one attached hydrogen (secondary N) is 2. The van der Waals surface area contributed by atoms with Crippen LogP contribution in [-0.4, -0.2) is 37.1 Å². The molecule has 1 aliphatic carbocycles. The van der Waals surface area contributed by atoms with E-state index in [4.69, 9.17) is 4.74 Å². The molecule has 2 atom stereocenters. The number of carbonyl (C=O) groups is 1. The van der Waals surface area contributed by atoms with Crippen molar-refractivity contribution in [2.24, 2.45) is 0 Å². The Morgan fingerprint density at radius 3 is 2.81 bits per heavy atom. The summed E-state index contributed by atoms with van der Waals surface area (Å²) in [6.45, 7) is 0. The van der Waals surface area contributed by atoms with Gasteiger partial charge >= 0.3 is 0 Å². The molecule has 2 unspecified atom stereocenters. The van der Waals surface area contributed by atoms with E-state index in [-0.39, 0.29) is 29.3 Å². The van der Waals surface area contributed by atoms with E-state index in [1.165, 1.54) is 12.1 Å². The number of benzene rings is 1. The minimum atomic E-state index is -0.504. The van der Waals surface area contributed by atoms with Gasteiger partial charge in [-0.2, -0.15) is 0 Å². The SMILES string of the molecule is CNc1ccc(C(=O)NC2CCCC2OC)cc1[N+](=O)[O-]. The van der Waals surface area contributed by atoms with E-state index < -0.39 is 4.92 Å². The number of nitro benzene ring substituents is 1. The molecule has 1 saturated carbocycles. The number of ether oxygens (including phenoxy) is 1. The molecule has 2 N–H and O–H groups in total. The largest absolute Gasteiger partial charge is 0.383 e. The van der Waals surface area contributed by atoms with Gasteiger partial charge in [0.15, 0.2) is 0 Å². The van der Waals surface area contributed by atoms with Crippen molar-refractivity contribution in [2.45, 2.75) is 31.4 Å². The Kier molecular flexibility index (Phi) is 4.74. The summed E-state index contributed by atoms with van der Waals surface area (Å²) in [7, 11) is 3.23. The Bertz CT molecular complexity index is 547. The molecule has 2 rings (SSSR count). The van der Waals surface area contributed by atoms with Gasteiger partial charge in [-0.1, -0.05) is 0 Å². The van der Waals surface area contributed by atoms with Crippen LogP contribution in [-0.2, 0) is 4.74 Å². The van der Waals surface area contributed by atoms with Crippen molar-refractivity contribution in [3.63, 3.8) is 0 Å². The Balaban J connectivity index is 2.16. The summed E-state index contributed by atoms with van der Waals surface area (Å²) in [5.41, 5.74) is 0.550. The van der Waals surface area contributed by atoms with Crippen LogP contribution in [0.4, 0.5) is 11.4 Å². The fourth-order valence-corrected chi connectivity index (χ4v) is 2.66. The van der Waals surface area contributed by atoms with Crippen molar-refractivity contribution in [1.29, 1.82) is 0 Å². The van der Waals surface area contributed by atoms with E-state index in [1.807, 2.05) is 0 Å². The molecule has 0 spiro atoms. The number of amides is 1. The van der Waals surface area contributed by atoms with Crippen molar-refractivity contribution in [3.8, 4) is 0 Å². The van der Waals surface area contributed by atoms with Crippen LogP contribution in [0.5, 0.6) is 0 Å². The topological polar surface area (TPSA) is 93.5 Å². The molecule has 0 aliphatic heterocycles. The number of nitrogens with zero attached hydrogens (tertiary/aromatic N) is 1. The number of hydrogen-bond donors (Lipinski definition) is 2. The maximum absolute atomic E-state index is 12.2. The molecule has 1 amide bonds. The average molecular weight is 293 g/mol. The molecule has 114 valence electrons. The molecule has 0 radical (unpaired) electrons. The zero-order valence-corrected chi connectivity index (χ0v) is 12.1. The van der Waals surface area contributed by atoms with E-state index in [2.05, 4.69) is 10.6 Å². The smallest absolute Gasteiger partial charge is 0.293 e. The first kappa shape index (κ1) is 15.2. The molecule has 1 aromatic rings. The molecule has 1 fully saturated rings. The van der Waals surface area contributed by atoms with Crippen LogP contribution in [0, 0.1) is 10.1 Å². The molecular weight excluding hydrogens is 274 g/mol. The van der Waals surface area contributed by atoms with E-state index >= 15 is 0 Å². The van der Waals surface area contributed by atoms with Crippen LogP contribution in [0.15, 0.2) is 18.2 Å². The van der Waals surface area contributed by atoms with Gasteiger partial charge in [0.2, 0.25) is 0 Å². The fraction of sp³-hybridized carbons (Fsp3) is 0.500. The zero-order valence-electron chi connectivity index (χ0n) is 12.1. The second-order valence-corrected chi connectivity index (χ2v) is 5.02. The quantitative estimate of drug-likeness (QED) is 0.639. The predicted molar refractivity (Wildman–Crippen MR) is 78.5 cm³/mol. The highest BCUT2D eigenvalue weighted by Crippen LogP contribution is 2.26. The number of anilines is 1. The molecule has 7 heteroatoms. The molecule has 21 heavy (non-hydrogen) atoms. The Hall–Kier alpha value is -2.15. The first-order valence-electron chi connectivity index (χ1n) is 6.86. The zero-order chi connectivity index (χ0) is 15.4. The summed E-state index contributed by atoms with van der Waals surface area (Å²) >= 11 is 0. The minimum absolute atomic E-state index is 0.0144. The first-order chi connectivity index (χ1) is 10.1. The number of hydrogen-bond acceptors (Lipinski definition) is 5. The van der Waals surface area contributed by atoms with Gasteiger partial charge in [-0.15, -0.1) is 0 Å². The summed E-state index contributed by atoms with van der Waals surface area (Å²) in [5, 5.41) is 16.6. The van der Waals surface area contributed by atoms with Crippen molar-refractivity contribution in [2.75, 3.05) is 19.5 Å². The van der Waals surface area contributed by atoms with Crippen molar-refractivity contribution < 1.29 is 14.5 Å². The van der Waals surface area contributed by atoms with E-state index in [9.17, 15) is 14.9 Å². The van der Waals surface area contributed by atoms with E-state index in [0.717, 1.165) is 19.3 Å². The standard InChI is InChI=1S/C14H19N3O4/c1-15-10-7-6-9(8-12(10)17(19)20)14(18)16-11-4-3-5-13(11)21-2/h6-8,11,13,15H,3-5H2,1-2H3,(H,16,18). The minimum Gasteiger partial charge on any atom is -0.383 e. The molecule has 0 saturated heterocycles. The summed E-state index contributed by atoms with van der Waals surface area (Å²) in [4.78, 5) is 22.7. The normalized spacial score (nSPS) is 21.0. The third kappa shape index (κ3) is 3.30. The number of methoxy groups -OCH3 is 1. The Labute approximate surface area is 122 Å². The Morgan fingerprint density at radius 1 is 1.43 bits per heavy atom. The maximum Gasteiger partial charge on any atom is 0.293 e. The van der Waals surface area contributed by atoms with Crippen LogP contribution in [0.2, 0.25) is 0 Å². The van der Waals surface area contributed by atoms with E-state index in [1.54, 1.807) is 20.2 Å². The lowest BCUT2D eigenvalue weighted by Gasteiger charge is -2.19. The van der Waals surface area contributed by atoms with Gasteiger partial charge < -0.3 is 15.4 Å². The van der Waals surface area contributed by atoms with Crippen LogP contribution in [0.25, 0.3) is 0 Å². The monoisotopic (exact) mass is 293 g/mol. The van der Waals surface area contributed by atoms with Crippen LogP contribution in [0.3, 0.4) is 0 Å². The molecule has 7 nitrogen and oxygen atoms in total. The van der Waals surface area contributed by atoms with Crippen molar-refractivity contribution >= 4 is 17.3 Å². The average Bonchev–Trinajstić information content (AvgIpc) is 2.93. The Morgan fingerprint density at radius 2 is 2.19 bits per heavy atom. The van der Waals surface area contributed by atoms with E-state index in [0.29, 0.717) is 5.69 Å². The first-order valence-corrected chi connectivity index (χ1v) is 6.86.